The van der Waals surface area contributed by atoms with E-state index >= 15 is 0 Å². The van der Waals surface area contributed by atoms with E-state index in [1.165, 1.54) is 24.3 Å². The van der Waals surface area contributed by atoms with Crippen molar-refractivity contribution in [2.75, 3.05) is 0 Å². The number of carbonyl (C=O) groups excluding carboxylic acids is 8. The van der Waals surface area contributed by atoms with Gasteiger partial charge in [0, 0.05) is 0 Å². The van der Waals surface area contributed by atoms with Gasteiger partial charge in [-0.2, -0.15) is 13.2 Å². The molecule has 13 nitrogen and oxygen atoms in total. The Balaban J connectivity index is 0.000000152. The molecule has 88 heavy (non-hydrogen) atoms. The third-order valence-corrected chi connectivity index (χ3v) is 16.1. The molecule has 0 aliphatic carbocycles. The summed E-state index contributed by atoms with van der Waals surface area (Å²) in [6.07, 6.45) is -5.02. The van der Waals surface area contributed by atoms with Gasteiger partial charge in [0.1, 0.15) is 5.75 Å². The van der Waals surface area contributed by atoms with Crippen LogP contribution in [0.4, 0.5) is 13.2 Å². The Kier molecular flexibility index (Phi) is 18.5. The van der Waals surface area contributed by atoms with Crippen LogP contribution in [0.2, 0.25) is 0 Å². The molecule has 2 atom stereocenters. The van der Waals surface area contributed by atoms with Crippen LogP contribution in [0.15, 0.2) is 194 Å². The number of carbonyl (C=O) groups is 8. The molecular weight excluding hydrogens is 1120 g/mol. The van der Waals surface area contributed by atoms with Crippen molar-refractivity contribution >= 4 is 46.8 Å². The number of phenols is 1. The first-order valence-corrected chi connectivity index (χ1v) is 28.1. The third kappa shape index (κ3) is 12.6. The Bertz CT molecular complexity index is 3500. The maximum Gasteiger partial charge on any atom is 0.416 e. The van der Waals surface area contributed by atoms with Crippen LogP contribution in [-0.4, -0.2) is 51.9 Å². The fraction of sp³-hybridized carbons (Fsp3) is 0.222. The van der Waals surface area contributed by atoms with E-state index in [-0.39, 0.29) is 79.7 Å². The molecule has 0 saturated carbocycles. The number of hydrogen-bond donors (Lipinski definition) is 5. The zero-order valence-electron chi connectivity index (χ0n) is 48.7. The van der Waals surface area contributed by atoms with Crippen molar-refractivity contribution in [1.82, 2.24) is 21.3 Å². The van der Waals surface area contributed by atoms with Gasteiger partial charge in [-0.15, -0.1) is 0 Å². The topological polar surface area (TPSA) is 205 Å². The SMILES string of the molecule is C.Cc1ccc(C2(c3ccc(C(F)(F)F)cc3)NC(=O)CC2=O)cc1.Cc1ccc(C2(c3ccc(C)cc3)NC(=O)CC2=O)cc1.Cc1ccc(C2(c3ccc(C)cc3)NC(=O)CC2=O)cc1.Cc1ccc(C2(c3ccc(O)cc3)NC(=O)CC2=O)cc1. The highest BCUT2D eigenvalue weighted by atomic mass is 19.4. The molecule has 0 radical (unpaired) electrons. The minimum absolute atomic E-state index is 0. The molecule has 450 valence electrons. The molecule has 16 heteroatoms. The second-order valence-electron chi connectivity index (χ2n) is 22.4. The van der Waals surface area contributed by atoms with Gasteiger partial charge in [0.2, 0.25) is 23.6 Å². The summed E-state index contributed by atoms with van der Waals surface area (Å²) in [5, 5.41) is 20.7. The van der Waals surface area contributed by atoms with Crippen molar-refractivity contribution in [3.8, 4) is 5.75 Å². The molecule has 4 saturated heterocycles. The van der Waals surface area contributed by atoms with Crippen molar-refractivity contribution in [3.05, 3.63) is 278 Å². The van der Waals surface area contributed by atoms with E-state index in [4.69, 9.17) is 0 Å². The monoisotopic (exact) mass is 1190 g/mol. The van der Waals surface area contributed by atoms with E-state index in [0.29, 0.717) is 16.7 Å². The number of aryl methyl sites for hydroxylation is 6. The van der Waals surface area contributed by atoms with Crippen LogP contribution in [0, 0.1) is 41.5 Å². The fourth-order valence-corrected chi connectivity index (χ4v) is 11.4. The first kappa shape index (κ1) is 63.9. The summed E-state index contributed by atoms with van der Waals surface area (Å²) in [7, 11) is 0. The van der Waals surface area contributed by atoms with Crippen LogP contribution in [0.3, 0.4) is 0 Å². The summed E-state index contributed by atoms with van der Waals surface area (Å²) in [6, 6.07) is 56.2. The maximum absolute atomic E-state index is 12.8. The molecule has 2 unspecified atom stereocenters. The first-order chi connectivity index (χ1) is 41.3. The number of aromatic hydroxyl groups is 1. The quantitative estimate of drug-likeness (QED) is 0.0917. The van der Waals surface area contributed by atoms with Crippen LogP contribution in [0.5, 0.6) is 5.75 Å². The van der Waals surface area contributed by atoms with Crippen LogP contribution in [0.25, 0.3) is 0 Å². The minimum atomic E-state index is -4.46. The molecule has 0 aromatic heterocycles. The Morgan fingerprint density at radius 1 is 0.295 bits per heavy atom. The molecule has 4 fully saturated rings. The van der Waals surface area contributed by atoms with Gasteiger partial charge in [-0.1, -0.05) is 211 Å². The van der Waals surface area contributed by atoms with E-state index in [2.05, 4.69) is 21.3 Å². The number of nitrogens with one attached hydrogen (secondary N) is 4. The molecule has 5 N–H and O–H groups in total. The molecule has 4 aliphatic heterocycles. The molecule has 0 bridgehead atoms. The lowest BCUT2D eigenvalue weighted by molar-refractivity contribution is -0.137. The lowest BCUT2D eigenvalue weighted by atomic mass is 9.80. The molecule has 8 aromatic carbocycles. The molecule has 8 aromatic rings. The molecule has 4 amide bonds. The van der Waals surface area contributed by atoms with Gasteiger partial charge in [0.25, 0.3) is 0 Å². The van der Waals surface area contributed by atoms with E-state index in [9.17, 15) is 56.6 Å². The second kappa shape index (κ2) is 25.5. The standard InChI is InChI=1S/C18H14F3NO2.2C18H17NO2.C17H15NO3.CH4/c1-11-2-4-12(5-3-11)17(15(23)10-16(24)22-17)13-6-8-14(9-7-13)18(19,20)21;2*1-12-3-7-14(8-4-12)18(16(20)11-17(21)19-18)15-9-5-13(2)6-10-15;1-11-2-4-12(5-3-11)17(15(20)10-16(21)18-17)13-6-8-14(19)9-7-13;/h2-9H,10H2,1H3,(H,22,24);2*3-10H,11H2,1-2H3,(H,19,21);2-9,19H,10H2,1H3,(H,18,21);1H4. The van der Waals surface area contributed by atoms with Crippen molar-refractivity contribution in [2.45, 2.75) is 103 Å². The summed E-state index contributed by atoms with van der Waals surface area (Å²) in [5.74, 6) is -1.80. The number of phenolic OH excluding ortho intramolecular Hbond substituents is 1. The first-order valence-electron chi connectivity index (χ1n) is 28.1. The number of alkyl halides is 3. The molecular formula is C72H67F3N4O9. The highest BCUT2D eigenvalue weighted by molar-refractivity contribution is 6.15. The van der Waals surface area contributed by atoms with E-state index in [1.54, 1.807) is 36.4 Å². The number of Topliss-reactive ketones (excluding diaryl/α,β-unsaturated/α-hetero) is 4. The van der Waals surface area contributed by atoms with Crippen LogP contribution in [-0.2, 0) is 66.7 Å². The van der Waals surface area contributed by atoms with Crippen LogP contribution in [0.1, 0.15) is 117 Å². The Morgan fingerprint density at radius 3 is 0.602 bits per heavy atom. The normalized spacial score (nSPS) is 18.9. The summed E-state index contributed by atoms with van der Waals surface area (Å²) in [4.78, 5) is 97.5. The highest BCUT2D eigenvalue weighted by Crippen LogP contribution is 2.41. The zero-order chi connectivity index (χ0) is 62.6. The van der Waals surface area contributed by atoms with E-state index in [0.717, 1.165) is 73.3 Å². The number of ketones is 4. The van der Waals surface area contributed by atoms with Crippen LogP contribution >= 0.6 is 0 Å². The Morgan fingerprint density at radius 2 is 0.455 bits per heavy atom. The lowest BCUT2D eigenvalue weighted by Crippen LogP contribution is -2.44. The average molecular weight is 1190 g/mol. The van der Waals surface area contributed by atoms with E-state index < -0.39 is 39.8 Å². The summed E-state index contributed by atoms with van der Waals surface area (Å²) in [5.41, 5.74) is 6.53. The number of hydrogen-bond acceptors (Lipinski definition) is 9. The summed E-state index contributed by atoms with van der Waals surface area (Å²) >= 11 is 0. The van der Waals surface area contributed by atoms with Crippen molar-refractivity contribution < 1.29 is 56.6 Å². The maximum atomic E-state index is 12.8. The van der Waals surface area contributed by atoms with Crippen LogP contribution < -0.4 is 21.3 Å². The summed E-state index contributed by atoms with van der Waals surface area (Å²) in [6.45, 7) is 11.8. The van der Waals surface area contributed by atoms with Gasteiger partial charge in [-0.3, -0.25) is 38.4 Å². The largest absolute Gasteiger partial charge is 0.508 e. The predicted octanol–water partition coefficient (Wildman–Crippen LogP) is 11.3. The molecule has 0 spiro atoms. The van der Waals surface area contributed by atoms with Gasteiger partial charge in [0.05, 0.1) is 31.2 Å². The number of benzene rings is 8. The number of amides is 4. The van der Waals surface area contributed by atoms with Gasteiger partial charge >= 0.3 is 6.18 Å². The third-order valence-electron chi connectivity index (χ3n) is 16.1. The molecule has 12 rings (SSSR count). The average Bonchev–Trinajstić information content (AvgIpc) is 1.77. The zero-order valence-corrected chi connectivity index (χ0v) is 48.7. The van der Waals surface area contributed by atoms with Gasteiger partial charge in [-0.25, -0.2) is 0 Å². The van der Waals surface area contributed by atoms with Crippen molar-refractivity contribution in [3.63, 3.8) is 0 Å². The van der Waals surface area contributed by atoms with E-state index in [1.807, 2.05) is 163 Å². The van der Waals surface area contributed by atoms with Crippen molar-refractivity contribution in [2.24, 2.45) is 0 Å². The minimum Gasteiger partial charge on any atom is -0.508 e. The number of rotatable bonds is 8. The van der Waals surface area contributed by atoms with Gasteiger partial charge in [-0.05, 0) is 110 Å². The van der Waals surface area contributed by atoms with Crippen molar-refractivity contribution in [1.29, 1.82) is 0 Å². The smallest absolute Gasteiger partial charge is 0.416 e. The summed E-state index contributed by atoms with van der Waals surface area (Å²) < 4.78 is 38.3. The fourth-order valence-electron chi connectivity index (χ4n) is 11.4. The highest BCUT2D eigenvalue weighted by Gasteiger charge is 2.52. The Hall–Kier alpha value is -10.1. The van der Waals surface area contributed by atoms with Gasteiger partial charge < -0.3 is 26.4 Å². The lowest BCUT2D eigenvalue weighted by Gasteiger charge is -2.29. The van der Waals surface area contributed by atoms with Gasteiger partial charge in [0.15, 0.2) is 45.3 Å². The Labute approximate surface area is 508 Å². The molecule has 4 aliphatic rings. The second-order valence-corrected chi connectivity index (χ2v) is 22.4. The molecule has 4 heterocycles. The predicted molar refractivity (Wildman–Crippen MR) is 328 cm³/mol. The number of halogens is 3.